The number of phenols is 2. The van der Waals surface area contributed by atoms with Gasteiger partial charge >= 0.3 is 12.4 Å². The van der Waals surface area contributed by atoms with Crippen LogP contribution in [0, 0.1) is 0 Å². The molecule has 3 nitrogen and oxygen atoms in total. The molecule has 0 aliphatic heterocycles. The van der Waals surface area contributed by atoms with Crippen LogP contribution in [-0.2, 0) is 5.60 Å². The highest BCUT2D eigenvalue weighted by molar-refractivity contribution is 5.84. The molecule has 3 unspecified atom stereocenters. The van der Waals surface area contributed by atoms with Crippen LogP contribution in [0.5, 0.6) is 11.5 Å². The number of benzene rings is 4. The fourth-order valence-electron chi connectivity index (χ4n) is 4.61. The second kappa shape index (κ2) is 16.2. The van der Waals surface area contributed by atoms with Gasteiger partial charge in [-0.25, -0.2) is 0 Å². The highest BCUT2D eigenvalue weighted by atomic mass is 19.4. The number of alkyl halides is 6. The van der Waals surface area contributed by atoms with E-state index in [1.54, 1.807) is 31.2 Å². The van der Waals surface area contributed by atoms with Gasteiger partial charge in [0.15, 0.2) is 0 Å². The van der Waals surface area contributed by atoms with E-state index in [0.29, 0.717) is 47.5 Å². The number of hydrogen-bond acceptors (Lipinski definition) is 3. The van der Waals surface area contributed by atoms with E-state index in [2.05, 4.69) is 45.9 Å². The summed E-state index contributed by atoms with van der Waals surface area (Å²) in [6.45, 7) is 12.4. The van der Waals surface area contributed by atoms with Crippen molar-refractivity contribution in [3.63, 3.8) is 0 Å². The monoisotopic (exact) mass is 650 g/mol. The first-order chi connectivity index (χ1) is 21.4. The van der Waals surface area contributed by atoms with Crippen LogP contribution in [0.3, 0.4) is 0 Å². The molecule has 0 bridgehead atoms. The second-order valence-electron chi connectivity index (χ2n) is 11.6. The van der Waals surface area contributed by atoms with Crippen molar-refractivity contribution in [1.29, 1.82) is 0 Å². The van der Waals surface area contributed by atoms with Gasteiger partial charge < -0.3 is 15.3 Å². The molecule has 0 aromatic heterocycles. The van der Waals surface area contributed by atoms with Crippen LogP contribution in [0.4, 0.5) is 26.3 Å². The van der Waals surface area contributed by atoms with Crippen LogP contribution in [-0.4, -0.2) is 27.7 Å². The number of aromatic hydroxyl groups is 2. The molecule has 3 atom stereocenters. The van der Waals surface area contributed by atoms with Crippen LogP contribution < -0.4 is 0 Å². The predicted molar refractivity (Wildman–Crippen MR) is 172 cm³/mol. The summed E-state index contributed by atoms with van der Waals surface area (Å²) in [5.74, 6) is 1.88. The molecule has 4 aromatic carbocycles. The molecule has 9 heteroatoms. The predicted octanol–water partition coefficient (Wildman–Crippen LogP) is 11.5. The Labute approximate surface area is 267 Å². The zero-order valence-electron chi connectivity index (χ0n) is 27.0. The Morgan fingerprint density at radius 2 is 0.848 bits per heavy atom. The standard InChI is InChI=1S/C14H16O.C13H14F6O.C10H14O/c1-3-10(2)11-4-5-13-9-14(15)7-6-12(13)8-11;1-3-8(2)9-4-6-10(7-5-9)11(20,12(14,15)16)13(17,18)19;1-3-8(2)9-4-6-10(11)7-5-9/h4-10,15H,3H2,1-2H3;4-8,20H,3H2,1-2H3;4-8,11H,3H2,1-2H3. The topological polar surface area (TPSA) is 60.7 Å². The van der Waals surface area contributed by atoms with Gasteiger partial charge in [-0.15, -0.1) is 0 Å². The van der Waals surface area contributed by atoms with E-state index >= 15 is 0 Å². The first kappa shape index (κ1) is 38.5. The molecule has 3 N–H and O–H groups in total. The summed E-state index contributed by atoms with van der Waals surface area (Å²) in [5.41, 5.74) is -2.80. The molecule has 0 spiro atoms. The van der Waals surface area contributed by atoms with Crippen molar-refractivity contribution in [2.75, 3.05) is 0 Å². The number of hydrogen-bond donors (Lipinski definition) is 3. The smallest absolute Gasteiger partial charge is 0.430 e. The van der Waals surface area contributed by atoms with Gasteiger partial charge in [0.2, 0.25) is 0 Å². The van der Waals surface area contributed by atoms with Crippen molar-refractivity contribution >= 4 is 10.8 Å². The second-order valence-corrected chi connectivity index (χ2v) is 11.6. The van der Waals surface area contributed by atoms with Crippen molar-refractivity contribution in [1.82, 2.24) is 0 Å². The van der Waals surface area contributed by atoms with E-state index < -0.39 is 23.5 Å². The van der Waals surface area contributed by atoms with Crippen molar-refractivity contribution in [3.8, 4) is 11.5 Å². The van der Waals surface area contributed by atoms with E-state index in [-0.39, 0.29) is 5.92 Å². The summed E-state index contributed by atoms with van der Waals surface area (Å²) >= 11 is 0. The summed E-state index contributed by atoms with van der Waals surface area (Å²) in [6, 6.07) is 23.1. The van der Waals surface area contributed by atoms with Gasteiger partial charge in [-0.1, -0.05) is 102 Å². The molecular weight excluding hydrogens is 606 g/mol. The Morgan fingerprint density at radius 1 is 0.500 bits per heavy atom. The van der Waals surface area contributed by atoms with Gasteiger partial charge in [0.25, 0.3) is 5.60 Å². The fourth-order valence-corrected chi connectivity index (χ4v) is 4.61. The molecular formula is C37H44F6O3. The lowest BCUT2D eigenvalue weighted by molar-refractivity contribution is -0.376. The number of halogens is 6. The minimum absolute atomic E-state index is 0.00826. The zero-order chi connectivity index (χ0) is 34.9. The molecule has 46 heavy (non-hydrogen) atoms. The lowest BCUT2D eigenvalue weighted by Crippen LogP contribution is -2.53. The maximum Gasteiger partial charge on any atom is 0.430 e. The lowest BCUT2D eigenvalue weighted by atomic mass is 9.89. The van der Waals surface area contributed by atoms with E-state index in [4.69, 9.17) is 5.11 Å². The number of rotatable bonds is 7. The summed E-state index contributed by atoms with van der Waals surface area (Å²) in [7, 11) is 0. The third kappa shape index (κ3) is 9.64. The minimum atomic E-state index is -5.84. The molecule has 0 radical (unpaired) electrons. The van der Waals surface area contributed by atoms with E-state index in [9.17, 15) is 36.6 Å². The maximum atomic E-state index is 12.6. The summed E-state index contributed by atoms with van der Waals surface area (Å²) < 4.78 is 75.8. The van der Waals surface area contributed by atoms with Gasteiger partial charge in [-0.2, -0.15) is 26.3 Å². The number of aliphatic hydroxyl groups is 1. The van der Waals surface area contributed by atoms with Gasteiger partial charge in [0, 0.05) is 5.56 Å². The molecule has 0 heterocycles. The highest BCUT2D eigenvalue weighted by Gasteiger charge is 2.71. The maximum absolute atomic E-state index is 12.6. The zero-order valence-corrected chi connectivity index (χ0v) is 27.0. The third-order valence-corrected chi connectivity index (χ3v) is 8.43. The molecule has 4 rings (SSSR count). The van der Waals surface area contributed by atoms with Crippen molar-refractivity contribution in [3.05, 3.63) is 107 Å². The average Bonchev–Trinajstić information content (AvgIpc) is 3.03. The molecule has 0 aliphatic carbocycles. The van der Waals surface area contributed by atoms with Crippen LogP contribution >= 0.6 is 0 Å². The first-order valence-corrected chi connectivity index (χ1v) is 15.4. The Kier molecular flexibility index (Phi) is 13.6. The van der Waals surface area contributed by atoms with Gasteiger partial charge in [0.05, 0.1) is 0 Å². The normalized spacial score (nSPS) is 13.9. The number of phenolic OH excluding ortho intramolecular Hbond substituents is 2. The number of fused-ring (bicyclic) bond motifs is 1. The van der Waals surface area contributed by atoms with Gasteiger partial charge in [-0.05, 0) is 88.7 Å². The van der Waals surface area contributed by atoms with Crippen molar-refractivity contribution in [2.24, 2.45) is 0 Å². The minimum Gasteiger partial charge on any atom is -0.508 e. The van der Waals surface area contributed by atoms with Crippen LogP contribution in [0.25, 0.3) is 10.8 Å². The third-order valence-electron chi connectivity index (χ3n) is 8.43. The summed E-state index contributed by atoms with van der Waals surface area (Å²) in [6.07, 6.45) is -8.69. The molecule has 0 saturated heterocycles. The largest absolute Gasteiger partial charge is 0.508 e. The Bertz CT molecular complexity index is 1480. The van der Waals surface area contributed by atoms with Gasteiger partial charge in [0.1, 0.15) is 11.5 Å². The highest BCUT2D eigenvalue weighted by Crippen LogP contribution is 2.50. The summed E-state index contributed by atoms with van der Waals surface area (Å²) in [4.78, 5) is 0. The van der Waals surface area contributed by atoms with Crippen molar-refractivity contribution in [2.45, 2.75) is 96.5 Å². The molecule has 0 saturated carbocycles. The lowest BCUT2D eigenvalue weighted by Gasteiger charge is -2.32. The van der Waals surface area contributed by atoms with Crippen LogP contribution in [0.1, 0.15) is 101 Å². The average molecular weight is 651 g/mol. The molecule has 252 valence electrons. The fraction of sp³-hybridized carbons (Fsp3) is 0.405. The van der Waals surface area contributed by atoms with Gasteiger partial charge in [-0.3, -0.25) is 0 Å². The van der Waals surface area contributed by atoms with E-state index in [1.165, 1.54) is 28.6 Å². The quantitative estimate of drug-likeness (QED) is 0.174. The van der Waals surface area contributed by atoms with E-state index in [0.717, 1.165) is 18.2 Å². The SMILES string of the molecule is CCC(C)c1ccc(C(O)(C(F)(F)F)C(F)(F)F)cc1.CCC(C)c1ccc(O)cc1.CCC(C)c1ccc2cc(O)ccc2c1. The summed E-state index contributed by atoms with van der Waals surface area (Å²) in [5, 5.41) is 29.9. The van der Waals surface area contributed by atoms with Crippen molar-refractivity contribution < 1.29 is 41.7 Å². The molecule has 4 aromatic rings. The Morgan fingerprint density at radius 3 is 1.28 bits per heavy atom. The Balaban J connectivity index is 0.000000251. The van der Waals surface area contributed by atoms with Crippen LogP contribution in [0.15, 0.2) is 84.9 Å². The van der Waals surface area contributed by atoms with E-state index in [1.807, 2.05) is 25.1 Å². The van der Waals surface area contributed by atoms with Crippen LogP contribution in [0.2, 0.25) is 0 Å². The molecule has 0 fully saturated rings. The molecule has 0 aliphatic rings. The molecule has 0 amide bonds. The Hall–Kier alpha value is -3.72. The first-order valence-electron chi connectivity index (χ1n) is 15.4.